The molecule has 4 aromatic rings. The maximum absolute atomic E-state index is 12.2. The lowest BCUT2D eigenvalue weighted by Crippen LogP contribution is -2.19. The number of urea groups is 1. The predicted octanol–water partition coefficient (Wildman–Crippen LogP) is 3.98. The van der Waals surface area contributed by atoms with Crippen molar-refractivity contribution in [3.63, 3.8) is 0 Å². The molecule has 0 aliphatic rings. The van der Waals surface area contributed by atoms with Crippen LogP contribution in [-0.2, 0) is 0 Å². The smallest absolute Gasteiger partial charge is 0.323 e. The van der Waals surface area contributed by atoms with Crippen molar-refractivity contribution in [3.05, 3.63) is 72.7 Å². The van der Waals surface area contributed by atoms with E-state index >= 15 is 0 Å². The van der Waals surface area contributed by atoms with Crippen LogP contribution in [0.15, 0.2) is 67.0 Å². The number of fused-ring (bicyclic) bond motifs is 1. The Kier molecular flexibility index (Phi) is 5.04. The van der Waals surface area contributed by atoms with Crippen LogP contribution in [0.4, 0.5) is 16.2 Å². The van der Waals surface area contributed by atoms with Crippen LogP contribution < -0.4 is 21.1 Å². The van der Waals surface area contributed by atoms with Crippen molar-refractivity contribution in [2.75, 3.05) is 17.7 Å². The van der Waals surface area contributed by atoms with Gasteiger partial charge in [-0.3, -0.25) is 9.78 Å². The zero-order chi connectivity index (χ0) is 21.1. The normalized spacial score (nSPS) is 10.6. The number of primary amides is 1. The molecule has 8 heteroatoms. The summed E-state index contributed by atoms with van der Waals surface area (Å²) < 4.78 is 5.10. The Morgan fingerprint density at radius 1 is 0.967 bits per heavy atom. The Bertz CT molecular complexity index is 1210. The van der Waals surface area contributed by atoms with E-state index in [0.29, 0.717) is 28.4 Å². The Balaban J connectivity index is 1.53. The molecular weight excluding hydrogens is 382 g/mol. The average Bonchev–Trinajstić information content (AvgIpc) is 3.15. The summed E-state index contributed by atoms with van der Waals surface area (Å²) in [5, 5.41) is 6.37. The number of aromatic amines is 1. The van der Waals surface area contributed by atoms with Gasteiger partial charge in [0.2, 0.25) is 0 Å². The van der Waals surface area contributed by atoms with Gasteiger partial charge in [-0.15, -0.1) is 0 Å². The highest BCUT2D eigenvalue weighted by molar-refractivity contribution is 6.09. The molecule has 0 atom stereocenters. The summed E-state index contributed by atoms with van der Waals surface area (Å²) >= 11 is 0. The summed E-state index contributed by atoms with van der Waals surface area (Å²) in [6.45, 7) is 0. The number of carbonyl (C=O) groups excluding carboxylic acids is 2. The topological polar surface area (TPSA) is 122 Å². The highest BCUT2D eigenvalue weighted by atomic mass is 16.5. The molecule has 3 amide bonds. The lowest BCUT2D eigenvalue weighted by Gasteiger charge is -2.09. The summed E-state index contributed by atoms with van der Waals surface area (Å²) in [4.78, 5) is 31.2. The number of rotatable bonds is 5. The third kappa shape index (κ3) is 3.79. The molecule has 0 aliphatic heterocycles. The fraction of sp³-hybridized carbons (Fsp3) is 0.0455. The van der Waals surface area contributed by atoms with E-state index in [1.807, 2.05) is 18.2 Å². The van der Waals surface area contributed by atoms with Crippen molar-refractivity contribution < 1.29 is 14.3 Å². The SMILES string of the molecule is COc1ccc(NC(=O)Nc2ccc(-c3c(C(N)=O)[nH]c4cnccc34)cc2)cc1. The minimum absolute atomic E-state index is 0.316. The van der Waals surface area contributed by atoms with E-state index in [1.165, 1.54) is 0 Å². The molecule has 0 fully saturated rings. The van der Waals surface area contributed by atoms with E-state index in [0.717, 1.165) is 16.5 Å². The van der Waals surface area contributed by atoms with Gasteiger partial charge in [-0.2, -0.15) is 0 Å². The number of hydrogen-bond acceptors (Lipinski definition) is 4. The number of nitrogens with two attached hydrogens (primary N) is 1. The predicted molar refractivity (Wildman–Crippen MR) is 116 cm³/mol. The van der Waals surface area contributed by atoms with Crippen molar-refractivity contribution >= 4 is 34.2 Å². The van der Waals surface area contributed by atoms with Crippen LogP contribution in [0.25, 0.3) is 22.0 Å². The highest BCUT2D eigenvalue weighted by Crippen LogP contribution is 2.32. The molecule has 0 radical (unpaired) electrons. The quantitative estimate of drug-likeness (QED) is 0.404. The number of pyridine rings is 1. The second kappa shape index (κ2) is 7.96. The zero-order valence-corrected chi connectivity index (χ0v) is 16.1. The number of aromatic nitrogens is 2. The van der Waals surface area contributed by atoms with E-state index < -0.39 is 5.91 Å². The monoisotopic (exact) mass is 401 g/mol. The van der Waals surface area contributed by atoms with Crippen LogP contribution in [0.1, 0.15) is 10.5 Å². The first-order valence-corrected chi connectivity index (χ1v) is 9.13. The highest BCUT2D eigenvalue weighted by Gasteiger charge is 2.17. The number of hydrogen-bond donors (Lipinski definition) is 4. The molecule has 2 aromatic carbocycles. The molecule has 0 bridgehead atoms. The molecule has 30 heavy (non-hydrogen) atoms. The summed E-state index contributed by atoms with van der Waals surface area (Å²) in [6.07, 6.45) is 3.30. The van der Waals surface area contributed by atoms with Crippen LogP contribution in [0.3, 0.4) is 0 Å². The molecule has 0 saturated heterocycles. The number of methoxy groups -OCH3 is 1. The zero-order valence-electron chi connectivity index (χ0n) is 16.1. The molecule has 0 spiro atoms. The maximum atomic E-state index is 12.2. The number of ether oxygens (including phenoxy) is 1. The lowest BCUT2D eigenvalue weighted by molar-refractivity contribution is 0.0997. The first-order valence-electron chi connectivity index (χ1n) is 9.13. The first-order chi connectivity index (χ1) is 14.5. The van der Waals surface area contributed by atoms with E-state index in [-0.39, 0.29) is 6.03 Å². The van der Waals surface area contributed by atoms with Crippen molar-refractivity contribution in [2.45, 2.75) is 0 Å². The van der Waals surface area contributed by atoms with E-state index in [1.54, 1.807) is 55.9 Å². The third-order valence-electron chi connectivity index (χ3n) is 4.63. The molecule has 150 valence electrons. The molecule has 5 N–H and O–H groups in total. The summed E-state index contributed by atoms with van der Waals surface area (Å²) in [5.41, 5.74) is 9.32. The molecule has 2 heterocycles. The molecule has 0 aliphatic carbocycles. The van der Waals surface area contributed by atoms with Gasteiger partial charge >= 0.3 is 6.03 Å². The largest absolute Gasteiger partial charge is 0.497 e. The fourth-order valence-electron chi connectivity index (χ4n) is 3.22. The van der Waals surface area contributed by atoms with Crippen molar-refractivity contribution in [1.29, 1.82) is 0 Å². The standard InChI is InChI=1S/C22H19N5O3/c1-30-16-8-6-15(7-9-16)26-22(29)25-14-4-2-13(3-5-14)19-17-10-11-24-12-18(17)27-20(19)21(23)28/h2-12,27H,1H3,(H2,23,28)(H2,25,26,29). The van der Waals surface area contributed by atoms with Gasteiger partial charge in [0.05, 0.1) is 18.8 Å². The van der Waals surface area contributed by atoms with Gasteiger partial charge < -0.3 is 26.1 Å². The van der Waals surface area contributed by atoms with E-state index in [4.69, 9.17) is 10.5 Å². The Morgan fingerprint density at radius 3 is 2.20 bits per heavy atom. The van der Waals surface area contributed by atoms with Crippen LogP contribution in [0, 0.1) is 0 Å². The minimum Gasteiger partial charge on any atom is -0.497 e. The van der Waals surface area contributed by atoms with Gasteiger partial charge in [0.25, 0.3) is 5.91 Å². The van der Waals surface area contributed by atoms with Gasteiger partial charge in [0.1, 0.15) is 11.4 Å². The van der Waals surface area contributed by atoms with Crippen LogP contribution in [0.5, 0.6) is 5.75 Å². The number of nitrogens with one attached hydrogen (secondary N) is 3. The Hall–Kier alpha value is -4.33. The van der Waals surface area contributed by atoms with Gasteiger partial charge in [-0.25, -0.2) is 4.79 Å². The summed E-state index contributed by atoms with van der Waals surface area (Å²) in [6, 6.07) is 15.6. The Morgan fingerprint density at radius 2 is 1.60 bits per heavy atom. The molecule has 2 aromatic heterocycles. The molecule has 0 saturated carbocycles. The summed E-state index contributed by atoms with van der Waals surface area (Å²) in [5.74, 6) is 0.155. The molecule has 0 unspecified atom stereocenters. The second-order valence-electron chi connectivity index (χ2n) is 6.55. The molecule has 8 nitrogen and oxygen atoms in total. The summed E-state index contributed by atoms with van der Waals surface area (Å²) in [7, 11) is 1.58. The van der Waals surface area contributed by atoms with Gasteiger partial charge in [-0.1, -0.05) is 12.1 Å². The molecule has 4 rings (SSSR count). The molecular formula is C22H19N5O3. The Labute approximate surface area is 172 Å². The van der Waals surface area contributed by atoms with Gasteiger partial charge in [-0.05, 0) is 48.0 Å². The first kappa shape index (κ1) is 19.0. The van der Waals surface area contributed by atoms with Crippen LogP contribution in [-0.4, -0.2) is 29.0 Å². The van der Waals surface area contributed by atoms with Gasteiger partial charge in [0.15, 0.2) is 0 Å². The van der Waals surface area contributed by atoms with Crippen molar-refractivity contribution in [1.82, 2.24) is 9.97 Å². The van der Waals surface area contributed by atoms with Gasteiger partial charge in [0, 0.05) is 28.5 Å². The fourth-order valence-corrected chi connectivity index (χ4v) is 3.22. The average molecular weight is 401 g/mol. The number of anilines is 2. The second-order valence-corrected chi connectivity index (χ2v) is 6.55. The number of H-pyrrole nitrogens is 1. The van der Waals surface area contributed by atoms with Crippen LogP contribution in [0.2, 0.25) is 0 Å². The lowest BCUT2D eigenvalue weighted by atomic mass is 10.0. The number of amides is 3. The third-order valence-corrected chi connectivity index (χ3v) is 4.63. The van der Waals surface area contributed by atoms with Crippen molar-refractivity contribution in [2.24, 2.45) is 5.73 Å². The number of nitrogens with zero attached hydrogens (tertiary/aromatic N) is 1. The van der Waals surface area contributed by atoms with E-state index in [9.17, 15) is 9.59 Å². The number of carbonyl (C=O) groups is 2. The number of benzene rings is 2. The minimum atomic E-state index is -0.553. The van der Waals surface area contributed by atoms with Crippen molar-refractivity contribution in [3.8, 4) is 16.9 Å². The van der Waals surface area contributed by atoms with Crippen LogP contribution >= 0.6 is 0 Å². The van der Waals surface area contributed by atoms with E-state index in [2.05, 4.69) is 20.6 Å². The maximum Gasteiger partial charge on any atom is 0.323 e.